The third-order valence-electron chi connectivity index (χ3n) is 5.06. The van der Waals surface area contributed by atoms with Gasteiger partial charge < -0.3 is 5.32 Å². The minimum atomic E-state index is -0.231. The van der Waals surface area contributed by atoms with Crippen molar-refractivity contribution in [3.63, 3.8) is 0 Å². The molecule has 1 aliphatic carbocycles. The topological polar surface area (TPSA) is 28.2 Å². The molecule has 1 spiro atoms. The van der Waals surface area contributed by atoms with Crippen LogP contribution in [0.5, 0.6) is 0 Å². The van der Waals surface area contributed by atoms with Gasteiger partial charge in [0.15, 0.2) is 0 Å². The Morgan fingerprint density at radius 1 is 1.38 bits per heavy atom. The van der Waals surface area contributed by atoms with Crippen molar-refractivity contribution in [1.29, 1.82) is 0 Å². The van der Waals surface area contributed by atoms with Gasteiger partial charge in [0.2, 0.25) is 0 Å². The van der Waals surface area contributed by atoms with Gasteiger partial charge in [-0.2, -0.15) is 0 Å². The quantitative estimate of drug-likeness (QED) is 0.924. The van der Waals surface area contributed by atoms with Crippen molar-refractivity contribution < 1.29 is 4.39 Å². The van der Waals surface area contributed by atoms with Gasteiger partial charge in [-0.3, -0.25) is 9.88 Å². The summed E-state index contributed by atoms with van der Waals surface area (Å²) in [6.07, 6.45) is 10.7. The number of aromatic nitrogens is 1. The van der Waals surface area contributed by atoms with Crippen molar-refractivity contribution in [2.45, 2.75) is 63.6 Å². The van der Waals surface area contributed by atoms with Crippen molar-refractivity contribution in [1.82, 2.24) is 15.2 Å². The molecule has 21 heavy (non-hydrogen) atoms. The molecular weight excluding hydrogens is 265 g/mol. The molecule has 1 aromatic rings. The Bertz CT molecular complexity index is 471. The van der Waals surface area contributed by atoms with Crippen molar-refractivity contribution in [3.8, 4) is 0 Å². The van der Waals surface area contributed by atoms with Crippen LogP contribution in [0.15, 0.2) is 18.5 Å². The van der Waals surface area contributed by atoms with Crippen LogP contribution in [0.1, 0.15) is 51.0 Å². The normalized spacial score (nSPS) is 25.5. The Balaban J connectivity index is 1.73. The lowest BCUT2D eigenvalue weighted by Crippen LogP contribution is -2.62. The summed E-state index contributed by atoms with van der Waals surface area (Å²) in [5.74, 6) is -0.231. The van der Waals surface area contributed by atoms with Gasteiger partial charge in [-0.25, -0.2) is 4.39 Å². The molecule has 2 aliphatic rings. The lowest BCUT2D eigenvalue weighted by molar-refractivity contribution is 0.0688. The van der Waals surface area contributed by atoms with Crippen LogP contribution in [0.3, 0.4) is 0 Å². The molecular formula is C17H26FN3. The molecule has 1 atom stereocenters. The standard InChI is InChI=1S/C17H26FN3/c1-2-5-16-11-20-17(6-3-4-7-17)13-21(16)12-14-8-15(18)10-19-9-14/h8-10,16,20H,2-7,11-13H2,1H3. The van der Waals surface area contributed by atoms with Crippen LogP contribution in [0.2, 0.25) is 0 Å². The van der Waals surface area contributed by atoms with Crippen molar-refractivity contribution in [2.24, 2.45) is 0 Å². The third kappa shape index (κ3) is 3.43. The maximum atomic E-state index is 13.4. The molecule has 116 valence electrons. The summed E-state index contributed by atoms with van der Waals surface area (Å²) < 4.78 is 13.4. The first-order chi connectivity index (χ1) is 10.2. The summed E-state index contributed by atoms with van der Waals surface area (Å²) in [5.41, 5.74) is 1.30. The van der Waals surface area contributed by atoms with Gasteiger partial charge in [-0.15, -0.1) is 0 Å². The highest BCUT2D eigenvalue weighted by Gasteiger charge is 2.40. The molecule has 3 nitrogen and oxygen atoms in total. The van der Waals surface area contributed by atoms with Gasteiger partial charge in [-0.1, -0.05) is 26.2 Å². The Kier molecular flexibility index (Phi) is 4.55. The van der Waals surface area contributed by atoms with E-state index in [1.165, 1.54) is 44.7 Å². The first kappa shape index (κ1) is 14.9. The predicted octanol–water partition coefficient (Wildman–Crippen LogP) is 3.11. The van der Waals surface area contributed by atoms with E-state index in [2.05, 4.69) is 22.1 Å². The molecule has 1 aliphatic heterocycles. The maximum Gasteiger partial charge on any atom is 0.141 e. The second-order valence-electron chi connectivity index (χ2n) is 6.73. The zero-order valence-electron chi connectivity index (χ0n) is 12.9. The van der Waals surface area contributed by atoms with Crippen LogP contribution in [0, 0.1) is 5.82 Å². The first-order valence-corrected chi connectivity index (χ1v) is 8.29. The fourth-order valence-corrected chi connectivity index (χ4v) is 4.00. The van der Waals surface area contributed by atoms with Gasteiger partial charge in [0.25, 0.3) is 0 Å². The Hall–Kier alpha value is -1.00. The molecule has 3 rings (SSSR count). The summed E-state index contributed by atoms with van der Waals surface area (Å²) in [6, 6.07) is 2.18. The molecule has 1 saturated heterocycles. The lowest BCUT2D eigenvalue weighted by Gasteiger charge is -2.46. The number of rotatable bonds is 4. The highest BCUT2D eigenvalue weighted by molar-refractivity contribution is 5.11. The molecule has 1 aromatic heterocycles. The Labute approximate surface area is 126 Å². The van der Waals surface area contributed by atoms with Crippen LogP contribution < -0.4 is 5.32 Å². The zero-order valence-corrected chi connectivity index (χ0v) is 12.9. The van der Waals surface area contributed by atoms with Crippen LogP contribution in [0.25, 0.3) is 0 Å². The van der Waals surface area contributed by atoms with E-state index in [1.54, 1.807) is 12.3 Å². The monoisotopic (exact) mass is 291 g/mol. The zero-order chi connectivity index (χ0) is 14.7. The second kappa shape index (κ2) is 6.41. The third-order valence-corrected chi connectivity index (χ3v) is 5.06. The minimum absolute atomic E-state index is 0.231. The van der Waals surface area contributed by atoms with Crippen LogP contribution in [0.4, 0.5) is 4.39 Å². The minimum Gasteiger partial charge on any atom is -0.308 e. The fourth-order valence-electron chi connectivity index (χ4n) is 4.00. The number of piperazine rings is 1. The molecule has 0 bridgehead atoms. The smallest absolute Gasteiger partial charge is 0.141 e. The number of nitrogens with zero attached hydrogens (tertiary/aromatic N) is 2. The van der Waals surface area contributed by atoms with E-state index >= 15 is 0 Å². The summed E-state index contributed by atoms with van der Waals surface area (Å²) in [5, 5.41) is 3.83. The SMILES string of the molecule is CCCC1CNC2(CCCC2)CN1Cc1cncc(F)c1. The Morgan fingerprint density at radius 3 is 2.90 bits per heavy atom. The molecule has 0 amide bonds. The molecule has 1 saturated carbocycles. The molecule has 2 fully saturated rings. The van der Waals surface area contributed by atoms with E-state index in [0.717, 1.165) is 25.2 Å². The summed E-state index contributed by atoms with van der Waals surface area (Å²) in [6.45, 7) is 5.21. The van der Waals surface area contributed by atoms with Gasteiger partial charge in [0, 0.05) is 37.4 Å². The molecule has 2 heterocycles. The number of pyridine rings is 1. The second-order valence-corrected chi connectivity index (χ2v) is 6.73. The van der Waals surface area contributed by atoms with E-state index in [-0.39, 0.29) is 5.82 Å². The van der Waals surface area contributed by atoms with E-state index in [0.29, 0.717) is 11.6 Å². The lowest BCUT2D eigenvalue weighted by atomic mass is 9.91. The van der Waals surface area contributed by atoms with E-state index < -0.39 is 0 Å². The molecule has 1 N–H and O–H groups in total. The van der Waals surface area contributed by atoms with Gasteiger partial charge in [0.05, 0.1) is 6.20 Å². The van der Waals surface area contributed by atoms with E-state index in [4.69, 9.17) is 0 Å². The molecule has 4 heteroatoms. The highest BCUT2D eigenvalue weighted by Crippen LogP contribution is 2.34. The van der Waals surface area contributed by atoms with Crippen LogP contribution in [-0.4, -0.2) is 34.6 Å². The predicted molar refractivity (Wildman–Crippen MR) is 82.5 cm³/mol. The van der Waals surface area contributed by atoms with Gasteiger partial charge in [-0.05, 0) is 30.9 Å². The fraction of sp³-hybridized carbons (Fsp3) is 0.706. The highest BCUT2D eigenvalue weighted by atomic mass is 19.1. The van der Waals surface area contributed by atoms with Crippen molar-refractivity contribution in [3.05, 3.63) is 29.8 Å². The number of halogens is 1. The van der Waals surface area contributed by atoms with Crippen LogP contribution >= 0.6 is 0 Å². The summed E-state index contributed by atoms with van der Waals surface area (Å²) in [4.78, 5) is 6.55. The first-order valence-electron chi connectivity index (χ1n) is 8.29. The van der Waals surface area contributed by atoms with Gasteiger partial charge >= 0.3 is 0 Å². The average molecular weight is 291 g/mol. The molecule has 1 unspecified atom stereocenters. The van der Waals surface area contributed by atoms with Gasteiger partial charge in [0.1, 0.15) is 5.82 Å². The molecule has 0 aromatic carbocycles. The summed E-state index contributed by atoms with van der Waals surface area (Å²) >= 11 is 0. The van der Waals surface area contributed by atoms with Crippen LogP contribution in [-0.2, 0) is 6.54 Å². The van der Waals surface area contributed by atoms with Crippen molar-refractivity contribution >= 4 is 0 Å². The Morgan fingerprint density at radius 2 is 2.19 bits per heavy atom. The van der Waals surface area contributed by atoms with Crippen molar-refractivity contribution in [2.75, 3.05) is 13.1 Å². The summed E-state index contributed by atoms with van der Waals surface area (Å²) in [7, 11) is 0. The number of hydrogen-bond acceptors (Lipinski definition) is 3. The average Bonchev–Trinajstić information content (AvgIpc) is 2.91. The van der Waals surface area contributed by atoms with E-state index in [9.17, 15) is 4.39 Å². The number of hydrogen-bond donors (Lipinski definition) is 1. The largest absolute Gasteiger partial charge is 0.308 e. The van der Waals surface area contributed by atoms with E-state index in [1.807, 2.05) is 0 Å². The number of nitrogens with one attached hydrogen (secondary N) is 1. The maximum absolute atomic E-state index is 13.4. The molecule has 0 radical (unpaired) electrons.